The number of amides is 1. The molecule has 3 aromatic rings. The Kier molecular flexibility index (Phi) is 7.72. The number of aromatic nitrogens is 3. The average molecular weight is 472 g/mol. The van der Waals surface area contributed by atoms with Crippen LogP contribution >= 0.6 is 11.8 Å². The highest BCUT2D eigenvalue weighted by atomic mass is 32.2. The number of hydrogen-bond acceptors (Lipinski definition) is 5. The Bertz CT molecular complexity index is 1070. The summed E-state index contributed by atoms with van der Waals surface area (Å²) in [6.45, 7) is 4.44. The van der Waals surface area contributed by atoms with Gasteiger partial charge in [0.15, 0.2) is 11.0 Å². The van der Waals surface area contributed by atoms with Crippen LogP contribution in [0, 0.1) is 11.6 Å². The zero-order valence-corrected chi connectivity index (χ0v) is 19.3. The topological polar surface area (TPSA) is 63.1 Å². The van der Waals surface area contributed by atoms with Gasteiger partial charge in [-0.1, -0.05) is 30.3 Å². The fraction of sp³-hybridized carbons (Fsp3) is 0.375. The molecule has 174 valence electrons. The third kappa shape index (κ3) is 5.97. The molecule has 2 heterocycles. The highest BCUT2D eigenvalue weighted by Gasteiger charge is 2.25. The van der Waals surface area contributed by atoms with E-state index >= 15 is 0 Å². The van der Waals surface area contributed by atoms with Gasteiger partial charge in [-0.2, -0.15) is 0 Å². The van der Waals surface area contributed by atoms with Gasteiger partial charge in [0.05, 0.1) is 11.8 Å². The third-order valence-electron chi connectivity index (χ3n) is 5.79. The van der Waals surface area contributed by atoms with Crippen molar-refractivity contribution in [2.75, 3.05) is 18.8 Å². The van der Waals surface area contributed by atoms with Crippen LogP contribution in [0.25, 0.3) is 5.69 Å². The van der Waals surface area contributed by atoms with Crippen LogP contribution in [0.2, 0.25) is 0 Å². The lowest BCUT2D eigenvalue weighted by atomic mass is 10.1. The Morgan fingerprint density at radius 1 is 1.00 bits per heavy atom. The monoisotopic (exact) mass is 471 g/mol. The van der Waals surface area contributed by atoms with Crippen molar-refractivity contribution in [3.05, 3.63) is 71.6 Å². The zero-order valence-electron chi connectivity index (χ0n) is 18.5. The predicted octanol–water partition coefficient (Wildman–Crippen LogP) is 4.50. The number of hydrogen-bond donors (Lipinski definition) is 1. The fourth-order valence-electron chi connectivity index (χ4n) is 3.93. The Morgan fingerprint density at radius 3 is 2.30 bits per heavy atom. The average Bonchev–Trinajstić information content (AvgIpc) is 3.27. The lowest BCUT2D eigenvalue weighted by Gasteiger charge is -2.31. The van der Waals surface area contributed by atoms with Gasteiger partial charge in [-0.3, -0.25) is 14.3 Å². The molecule has 1 fully saturated rings. The van der Waals surface area contributed by atoms with Gasteiger partial charge in [-0.05, 0) is 74.8 Å². The van der Waals surface area contributed by atoms with E-state index in [1.54, 1.807) is 24.3 Å². The molecule has 1 atom stereocenters. The summed E-state index contributed by atoms with van der Waals surface area (Å²) in [5.41, 5.74) is 1.58. The van der Waals surface area contributed by atoms with Gasteiger partial charge in [0.2, 0.25) is 5.91 Å². The number of likely N-dealkylation sites (tertiary alicyclic amines) is 1. The highest BCUT2D eigenvalue weighted by molar-refractivity contribution is 7.99. The summed E-state index contributed by atoms with van der Waals surface area (Å²) in [4.78, 5) is 14.8. The first kappa shape index (κ1) is 23.4. The summed E-state index contributed by atoms with van der Waals surface area (Å²) in [5, 5.41) is 12.2. The van der Waals surface area contributed by atoms with E-state index in [0.717, 1.165) is 43.0 Å². The van der Waals surface area contributed by atoms with Crippen molar-refractivity contribution in [3.63, 3.8) is 0 Å². The molecule has 33 heavy (non-hydrogen) atoms. The standard InChI is InChI=1S/C24H27F2N5OS/c1-17(30-13-3-2-4-14-30)23-28-29-24(31(23)21-11-9-20(26)10-12-21)33-16-22(32)27-15-18-5-7-19(25)8-6-18/h5-12,17H,2-4,13-16H2,1H3,(H,27,32). The van der Waals surface area contributed by atoms with E-state index in [9.17, 15) is 13.6 Å². The van der Waals surface area contributed by atoms with Gasteiger partial charge in [0, 0.05) is 12.2 Å². The number of piperidine rings is 1. The molecule has 1 amide bonds. The minimum atomic E-state index is -0.313. The molecule has 1 N–H and O–H groups in total. The van der Waals surface area contributed by atoms with Crippen molar-refractivity contribution >= 4 is 17.7 Å². The lowest BCUT2D eigenvalue weighted by molar-refractivity contribution is -0.118. The zero-order chi connectivity index (χ0) is 23.2. The number of nitrogens with zero attached hydrogens (tertiary/aromatic N) is 4. The molecule has 0 bridgehead atoms. The molecular formula is C24H27F2N5OS. The molecule has 9 heteroatoms. The molecule has 0 aliphatic carbocycles. The molecule has 0 saturated carbocycles. The number of carbonyl (C=O) groups is 1. The van der Waals surface area contributed by atoms with Crippen LogP contribution in [0.1, 0.15) is 43.6 Å². The summed E-state index contributed by atoms with van der Waals surface area (Å²) in [6, 6.07) is 12.3. The Morgan fingerprint density at radius 2 is 1.64 bits per heavy atom. The van der Waals surface area contributed by atoms with Crippen LogP contribution < -0.4 is 5.32 Å². The molecule has 1 unspecified atom stereocenters. The second-order valence-corrected chi connectivity index (χ2v) is 9.06. The van der Waals surface area contributed by atoms with Crippen molar-refractivity contribution in [3.8, 4) is 5.69 Å². The number of nitrogens with one attached hydrogen (secondary N) is 1. The number of benzene rings is 2. The van der Waals surface area contributed by atoms with Crippen LogP contribution in [0.3, 0.4) is 0 Å². The largest absolute Gasteiger partial charge is 0.351 e. The first-order chi connectivity index (χ1) is 16.0. The van der Waals surface area contributed by atoms with E-state index in [1.807, 2.05) is 4.57 Å². The maximum atomic E-state index is 13.6. The number of rotatable bonds is 8. The maximum Gasteiger partial charge on any atom is 0.230 e. The number of thioether (sulfide) groups is 1. The summed E-state index contributed by atoms with van der Waals surface area (Å²) in [7, 11) is 0. The van der Waals surface area contributed by atoms with Crippen LogP contribution in [-0.4, -0.2) is 44.4 Å². The van der Waals surface area contributed by atoms with Gasteiger partial charge in [-0.25, -0.2) is 8.78 Å². The fourth-order valence-corrected chi connectivity index (χ4v) is 4.72. The SMILES string of the molecule is CC(c1nnc(SCC(=O)NCc2ccc(F)cc2)n1-c1ccc(F)cc1)N1CCCCC1. The summed E-state index contributed by atoms with van der Waals surface area (Å²) in [5.74, 6) is 0.141. The highest BCUT2D eigenvalue weighted by Crippen LogP contribution is 2.29. The first-order valence-electron chi connectivity index (χ1n) is 11.1. The van der Waals surface area contributed by atoms with E-state index in [1.165, 1.54) is 42.4 Å². The van der Waals surface area contributed by atoms with Gasteiger partial charge in [-0.15, -0.1) is 10.2 Å². The predicted molar refractivity (Wildman–Crippen MR) is 124 cm³/mol. The molecule has 1 aliphatic heterocycles. The third-order valence-corrected chi connectivity index (χ3v) is 6.72. The van der Waals surface area contributed by atoms with Crippen molar-refractivity contribution in [1.29, 1.82) is 0 Å². The summed E-state index contributed by atoms with van der Waals surface area (Å²) < 4.78 is 28.5. The summed E-state index contributed by atoms with van der Waals surface area (Å²) >= 11 is 1.28. The number of halogens is 2. The van der Waals surface area contributed by atoms with Gasteiger partial charge in [0.1, 0.15) is 11.6 Å². The minimum absolute atomic E-state index is 0.0458. The molecule has 2 aromatic carbocycles. The van der Waals surface area contributed by atoms with E-state index in [-0.39, 0.29) is 29.3 Å². The molecule has 1 saturated heterocycles. The maximum absolute atomic E-state index is 13.6. The number of carbonyl (C=O) groups excluding carboxylic acids is 1. The van der Waals surface area contributed by atoms with Crippen molar-refractivity contribution in [1.82, 2.24) is 25.0 Å². The summed E-state index contributed by atoms with van der Waals surface area (Å²) in [6.07, 6.45) is 3.55. The van der Waals surface area contributed by atoms with Crippen molar-refractivity contribution in [2.24, 2.45) is 0 Å². The molecular weight excluding hydrogens is 444 g/mol. The van der Waals surface area contributed by atoms with E-state index in [2.05, 4.69) is 27.3 Å². The second kappa shape index (κ2) is 10.9. The molecule has 4 rings (SSSR count). The van der Waals surface area contributed by atoms with Crippen LogP contribution in [0.4, 0.5) is 8.78 Å². The lowest BCUT2D eigenvalue weighted by Crippen LogP contribution is -2.33. The molecule has 1 aromatic heterocycles. The van der Waals surface area contributed by atoms with E-state index in [0.29, 0.717) is 11.7 Å². The smallest absolute Gasteiger partial charge is 0.230 e. The minimum Gasteiger partial charge on any atom is -0.351 e. The van der Waals surface area contributed by atoms with Crippen molar-refractivity contribution in [2.45, 2.75) is 43.9 Å². The Balaban J connectivity index is 1.48. The van der Waals surface area contributed by atoms with Crippen molar-refractivity contribution < 1.29 is 13.6 Å². The van der Waals surface area contributed by atoms with Gasteiger partial charge in [0.25, 0.3) is 0 Å². The molecule has 6 nitrogen and oxygen atoms in total. The van der Waals surface area contributed by atoms with Crippen LogP contribution in [0.5, 0.6) is 0 Å². The van der Waals surface area contributed by atoms with Gasteiger partial charge < -0.3 is 5.32 Å². The van der Waals surface area contributed by atoms with E-state index in [4.69, 9.17) is 0 Å². The Labute approximate surface area is 196 Å². The molecule has 0 radical (unpaired) electrons. The Hall–Kier alpha value is -2.78. The first-order valence-corrected chi connectivity index (χ1v) is 12.1. The quantitative estimate of drug-likeness (QED) is 0.490. The van der Waals surface area contributed by atoms with E-state index < -0.39 is 0 Å². The second-order valence-electron chi connectivity index (χ2n) is 8.12. The molecule has 0 spiro atoms. The molecule has 1 aliphatic rings. The van der Waals surface area contributed by atoms with Crippen LogP contribution in [0.15, 0.2) is 53.7 Å². The van der Waals surface area contributed by atoms with Crippen LogP contribution in [-0.2, 0) is 11.3 Å². The normalized spacial score (nSPS) is 15.4. The van der Waals surface area contributed by atoms with Gasteiger partial charge >= 0.3 is 0 Å².